The van der Waals surface area contributed by atoms with E-state index in [-0.39, 0.29) is 0 Å². The molecule has 0 aliphatic carbocycles. The van der Waals surface area contributed by atoms with Crippen molar-refractivity contribution in [1.82, 2.24) is 4.57 Å². The molecular weight excluding hydrogens is 306 g/mol. The molecule has 112 valence electrons. The van der Waals surface area contributed by atoms with E-state index in [0.29, 0.717) is 41.9 Å². The van der Waals surface area contributed by atoms with Crippen LogP contribution in [0.2, 0.25) is 5.02 Å². The molecule has 4 rings (SSSR count). The summed E-state index contributed by atoms with van der Waals surface area (Å²) >= 11 is 6.23. The van der Waals surface area contributed by atoms with Gasteiger partial charge in [-0.15, -0.1) is 0 Å². The van der Waals surface area contributed by atoms with Gasteiger partial charge in [0.15, 0.2) is 17.1 Å². The Balaban J connectivity index is 1.78. The predicted molar refractivity (Wildman–Crippen MR) is 82.0 cm³/mol. The molecule has 3 aromatic rings. The number of hydrogen-bond acceptors (Lipinski definition) is 4. The van der Waals surface area contributed by atoms with Gasteiger partial charge in [0.05, 0.1) is 17.1 Å². The third-order valence-corrected chi connectivity index (χ3v) is 3.85. The number of ether oxygens (including phenoxy) is 2. The molecule has 0 saturated carbocycles. The van der Waals surface area contributed by atoms with Crippen LogP contribution in [0, 0.1) is 0 Å². The lowest BCUT2D eigenvalue weighted by atomic mass is 10.2. The Labute approximate surface area is 130 Å². The fraction of sp³-hybridized carbons (Fsp3) is 0.188. The highest BCUT2D eigenvalue weighted by Gasteiger charge is 2.18. The fourth-order valence-corrected chi connectivity index (χ4v) is 2.89. The minimum Gasteiger partial charge on any atom is -0.486 e. The van der Waals surface area contributed by atoms with Gasteiger partial charge >= 0.3 is 5.76 Å². The Morgan fingerprint density at radius 2 is 1.95 bits per heavy atom. The molecule has 0 saturated heterocycles. The first-order valence-corrected chi connectivity index (χ1v) is 7.26. The van der Waals surface area contributed by atoms with E-state index in [0.717, 1.165) is 11.1 Å². The summed E-state index contributed by atoms with van der Waals surface area (Å²) in [7, 11) is 0. The molecule has 0 fully saturated rings. The minimum atomic E-state index is -0.396. The monoisotopic (exact) mass is 317 g/mol. The maximum Gasteiger partial charge on any atom is 0.420 e. The number of rotatable bonds is 2. The molecule has 0 atom stereocenters. The van der Waals surface area contributed by atoms with E-state index in [4.69, 9.17) is 25.5 Å². The molecule has 5 nitrogen and oxygen atoms in total. The Hall–Kier alpha value is -2.40. The van der Waals surface area contributed by atoms with Crippen LogP contribution >= 0.6 is 11.6 Å². The molecule has 22 heavy (non-hydrogen) atoms. The van der Waals surface area contributed by atoms with Crippen LogP contribution in [0.5, 0.6) is 11.5 Å². The van der Waals surface area contributed by atoms with Crippen molar-refractivity contribution in [2.75, 3.05) is 13.2 Å². The molecule has 1 aliphatic rings. The second-order valence-corrected chi connectivity index (χ2v) is 5.43. The van der Waals surface area contributed by atoms with Crippen molar-refractivity contribution < 1.29 is 13.9 Å². The van der Waals surface area contributed by atoms with Gasteiger partial charge in [-0.05, 0) is 29.8 Å². The summed E-state index contributed by atoms with van der Waals surface area (Å²) < 4.78 is 17.9. The van der Waals surface area contributed by atoms with Crippen LogP contribution in [0.4, 0.5) is 0 Å². The smallest absolute Gasteiger partial charge is 0.420 e. The van der Waals surface area contributed by atoms with Gasteiger partial charge in [-0.25, -0.2) is 4.79 Å². The van der Waals surface area contributed by atoms with E-state index >= 15 is 0 Å². The fourth-order valence-electron chi connectivity index (χ4n) is 2.60. The molecule has 0 N–H and O–H groups in total. The van der Waals surface area contributed by atoms with Gasteiger partial charge in [0.25, 0.3) is 0 Å². The third kappa shape index (κ3) is 2.14. The van der Waals surface area contributed by atoms with E-state index in [2.05, 4.69) is 0 Å². The van der Waals surface area contributed by atoms with Crippen LogP contribution in [0.3, 0.4) is 0 Å². The van der Waals surface area contributed by atoms with E-state index in [1.807, 2.05) is 24.3 Å². The summed E-state index contributed by atoms with van der Waals surface area (Å²) in [5.74, 6) is 0.767. The van der Waals surface area contributed by atoms with Crippen LogP contribution in [-0.4, -0.2) is 17.8 Å². The largest absolute Gasteiger partial charge is 0.486 e. The van der Waals surface area contributed by atoms with E-state index in [1.54, 1.807) is 16.7 Å². The molecule has 2 heterocycles. The molecule has 0 bridgehead atoms. The lowest BCUT2D eigenvalue weighted by Crippen LogP contribution is -2.17. The molecule has 0 radical (unpaired) electrons. The van der Waals surface area contributed by atoms with Gasteiger partial charge in [0, 0.05) is 0 Å². The summed E-state index contributed by atoms with van der Waals surface area (Å²) in [6.45, 7) is 1.32. The van der Waals surface area contributed by atoms with Gasteiger partial charge in [-0.2, -0.15) is 0 Å². The van der Waals surface area contributed by atoms with Crippen LogP contribution in [0.15, 0.2) is 45.6 Å². The first-order chi connectivity index (χ1) is 10.7. The van der Waals surface area contributed by atoms with Crippen molar-refractivity contribution in [3.8, 4) is 11.5 Å². The first-order valence-electron chi connectivity index (χ1n) is 6.89. The summed E-state index contributed by atoms with van der Waals surface area (Å²) in [6, 6.07) is 10.9. The zero-order chi connectivity index (χ0) is 15.1. The number of aromatic nitrogens is 1. The summed E-state index contributed by atoms with van der Waals surface area (Å²) in [5, 5.41) is 0.480. The Morgan fingerprint density at radius 1 is 1.14 bits per heavy atom. The maximum atomic E-state index is 12.0. The topological polar surface area (TPSA) is 53.6 Å². The van der Waals surface area contributed by atoms with Crippen molar-refractivity contribution in [1.29, 1.82) is 0 Å². The number of nitrogens with zero attached hydrogens (tertiary/aromatic N) is 1. The lowest BCUT2D eigenvalue weighted by Gasteiger charge is -2.20. The molecule has 0 spiro atoms. The highest BCUT2D eigenvalue weighted by molar-refractivity contribution is 6.32. The van der Waals surface area contributed by atoms with Crippen molar-refractivity contribution in [2.24, 2.45) is 0 Å². The number of hydrogen-bond donors (Lipinski definition) is 0. The zero-order valence-electron chi connectivity index (χ0n) is 11.5. The Bertz CT molecular complexity index is 912. The highest BCUT2D eigenvalue weighted by atomic mass is 35.5. The average molecular weight is 318 g/mol. The summed E-state index contributed by atoms with van der Waals surface area (Å²) in [5.41, 5.74) is 2.16. The van der Waals surface area contributed by atoms with Crippen molar-refractivity contribution in [2.45, 2.75) is 6.54 Å². The number of halogens is 1. The first kappa shape index (κ1) is 13.3. The average Bonchev–Trinajstić information content (AvgIpc) is 2.84. The standard InChI is InChI=1S/C16H12ClNO4/c17-11-7-10(8-14-15(11)21-6-5-20-14)9-18-12-3-1-2-4-13(12)22-16(18)19/h1-4,7-8H,5-6,9H2. The van der Waals surface area contributed by atoms with Crippen molar-refractivity contribution >= 4 is 22.7 Å². The second kappa shape index (κ2) is 5.10. The number of benzene rings is 2. The van der Waals surface area contributed by atoms with Crippen LogP contribution in [0.1, 0.15) is 5.56 Å². The van der Waals surface area contributed by atoms with E-state index in [9.17, 15) is 4.79 Å². The van der Waals surface area contributed by atoms with Gasteiger partial charge in [0.1, 0.15) is 13.2 Å². The quantitative estimate of drug-likeness (QED) is 0.729. The van der Waals surface area contributed by atoms with Crippen molar-refractivity contribution in [3.63, 3.8) is 0 Å². The number of fused-ring (bicyclic) bond motifs is 2. The molecule has 0 amide bonds. The van der Waals surface area contributed by atoms with Crippen LogP contribution in [0.25, 0.3) is 11.1 Å². The van der Waals surface area contributed by atoms with Gasteiger partial charge < -0.3 is 13.9 Å². The van der Waals surface area contributed by atoms with Crippen molar-refractivity contribution in [3.05, 3.63) is 57.5 Å². The Morgan fingerprint density at radius 3 is 2.86 bits per heavy atom. The molecular formula is C16H12ClNO4. The molecule has 0 unspecified atom stereocenters. The van der Waals surface area contributed by atoms with Gasteiger partial charge in [-0.3, -0.25) is 4.57 Å². The van der Waals surface area contributed by atoms with Crippen LogP contribution in [-0.2, 0) is 6.54 Å². The maximum absolute atomic E-state index is 12.0. The molecule has 1 aromatic heterocycles. The Kier molecular flexibility index (Phi) is 3.08. The summed E-state index contributed by atoms with van der Waals surface area (Å²) in [6.07, 6.45) is 0. The lowest BCUT2D eigenvalue weighted by molar-refractivity contribution is 0.171. The minimum absolute atomic E-state index is 0.353. The normalized spacial score (nSPS) is 13.5. The third-order valence-electron chi connectivity index (χ3n) is 3.57. The zero-order valence-corrected chi connectivity index (χ0v) is 12.3. The molecule has 6 heteroatoms. The highest BCUT2D eigenvalue weighted by Crippen LogP contribution is 2.38. The van der Waals surface area contributed by atoms with E-state index < -0.39 is 5.76 Å². The van der Waals surface area contributed by atoms with Gasteiger partial charge in [0.2, 0.25) is 0 Å². The molecule has 2 aromatic carbocycles. The van der Waals surface area contributed by atoms with Crippen LogP contribution < -0.4 is 15.2 Å². The van der Waals surface area contributed by atoms with E-state index in [1.165, 1.54) is 0 Å². The number of oxazole rings is 1. The number of para-hydroxylation sites is 2. The SMILES string of the molecule is O=c1oc2ccccc2n1Cc1cc(Cl)c2c(c1)OCCO2. The molecule has 1 aliphatic heterocycles. The summed E-state index contributed by atoms with van der Waals surface area (Å²) in [4.78, 5) is 12.0. The second-order valence-electron chi connectivity index (χ2n) is 5.02. The van der Waals surface area contributed by atoms with Gasteiger partial charge in [-0.1, -0.05) is 23.7 Å². The predicted octanol–water partition coefficient (Wildman–Crippen LogP) is 3.07.